The van der Waals surface area contributed by atoms with E-state index >= 15 is 0 Å². The van der Waals surface area contributed by atoms with Gasteiger partial charge in [0.05, 0.1) is 0 Å². The lowest BCUT2D eigenvalue weighted by atomic mass is 10.0. The highest BCUT2D eigenvalue weighted by molar-refractivity contribution is 7.52. The number of nitrogens with two attached hydrogens (primary N) is 1. The van der Waals surface area contributed by atoms with Gasteiger partial charge in [-0.15, -0.1) is 0 Å². The molecule has 3 saturated heterocycles. The number of piperidine rings is 1. The molecule has 4 aliphatic rings. The van der Waals surface area contributed by atoms with Crippen molar-refractivity contribution in [1.29, 1.82) is 0 Å². The van der Waals surface area contributed by atoms with Crippen LogP contribution in [0.3, 0.4) is 0 Å². The zero-order chi connectivity index (χ0) is 51.4. The number of aromatic amines is 1. The van der Waals surface area contributed by atoms with Crippen molar-refractivity contribution in [2.24, 2.45) is 5.73 Å². The fraction of sp³-hybridized carbons (Fsp3) is 0.468. The van der Waals surface area contributed by atoms with Crippen LogP contribution in [0, 0.1) is 11.8 Å². The predicted octanol–water partition coefficient (Wildman–Crippen LogP) is 1.34. The smallest absolute Gasteiger partial charge is 0.370 e. The lowest BCUT2D eigenvalue weighted by molar-refractivity contribution is -0.145. The average molecular weight is 1010 g/mol. The minimum Gasteiger partial charge on any atom is -0.370 e. The molecule has 5 atom stereocenters. The largest absolute Gasteiger partial charge is 0.399 e. The van der Waals surface area contributed by atoms with Gasteiger partial charge in [0.15, 0.2) is 0 Å². The van der Waals surface area contributed by atoms with E-state index in [1.165, 1.54) is 21.7 Å². The normalized spacial score (nSPS) is 20.8. The highest BCUT2D eigenvalue weighted by atomic mass is 31.2. The molecule has 4 aliphatic heterocycles. The first-order chi connectivity index (χ1) is 33.7. The van der Waals surface area contributed by atoms with Crippen LogP contribution in [-0.2, 0) is 50.3 Å². The maximum atomic E-state index is 14.6. The van der Waals surface area contributed by atoms with Crippen molar-refractivity contribution < 1.29 is 66.3 Å². The lowest BCUT2D eigenvalue weighted by Crippen LogP contribution is -2.62. The molecule has 24 heteroatoms. The van der Waals surface area contributed by atoms with Crippen molar-refractivity contribution in [3.05, 3.63) is 70.4 Å². The molecule has 71 heavy (non-hydrogen) atoms. The van der Waals surface area contributed by atoms with Gasteiger partial charge in [-0.3, -0.25) is 53.0 Å². The van der Waals surface area contributed by atoms with Crippen molar-refractivity contribution in [1.82, 2.24) is 41.0 Å². The van der Waals surface area contributed by atoms with Crippen molar-refractivity contribution in [2.75, 3.05) is 20.1 Å². The molecule has 0 radical (unpaired) electrons. The van der Waals surface area contributed by atoms with E-state index in [-0.39, 0.29) is 98.9 Å². The topological polar surface area (TPSA) is 311 Å². The molecule has 9 N–H and O–H groups in total. The van der Waals surface area contributed by atoms with Crippen LogP contribution in [0.4, 0.5) is 8.78 Å². The summed E-state index contributed by atoms with van der Waals surface area (Å²) in [6, 6.07) is 4.09. The number of nitrogens with one attached hydrogen (secondary N) is 5. The van der Waals surface area contributed by atoms with Crippen molar-refractivity contribution in [3.8, 4) is 11.8 Å². The maximum absolute atomic E-state index is 14.6. The van der Waals surface area contributed by atoms with Crippen LogP contribution in [0.25, 0.3) is 10.9 Å². The first-order valence-electron chi connectivity index (χ1n) is 23.2. The fourth-order valence-corrected chi connectivity index (χ4v) is 9.97. The van der Waals surface area contributed by atoms with Gasteiger partial charge in [-0.2, -0.15) is 8.78 Å². The second kappa shape index (κ2) is 21.5. The van der Waals surface area contributed by atoms with Gasteiger partial charge in [0.1, 0.15) is 29.9 Å². The molecule has 9 amide bonds. The third-order valence-electron chi connectivity index (χ3n) is 13.3. The number of imide groups is 1. The molecule has 378 valence electrons. The second-order valence-corrected chi connectivity index (χ2v) is 19.6. The summed E-state index contributed by atoms with van der Waals surface area (Å²) in [5, 5.41) is 9.99. The molecule has 5 unspecified atom stereocenters. The molecular formula is C47H54F2N9O12P. The molecule has 21 nitrogen and oxygen atoms in total. The van der Waals surface area contributed by atoms with E-state index in [4.69, 9.17) is 5.73 Å². The number of unbranched alkanes of at least 4 members (excludes halogenated alkanes) is 3. The van der Waals surface area contributed by atoms with Crippen LogP contribution in [0.5, 0.6) is 0 Å². The minimum atomic E-state index is -5.91. The van der Waals surface area contributed by atoms with Crippen LogP contribution in [0.1, 0.15) is 115 Å². The molecule has 0 saturated carbocycles. The summed E-state index contributed by atoms with van der Waals surface area (Å²) in [5.74, 6) is 1.22. The Labute approximate surface area is 405 Å². The highest BCUT2D eigenvalue weighted by Crippen LogP contribution is 2.59. The number of benzene rings is 2. The highest BCUT2D eigenvalue weighted by Gasteiger charge is 2.51. The van der Waals surface area contributed by atoms with Gasteiger partial charge in [0.25, 0.3) is 11.8 Å². The number of nitrogens with zero attached hydrogens (tertiary/aromatic N) is 3. The number of alkyl halides is 2. The number of likely N-dealkylation sites (N-methyl/N-ethyl adjacent to an activating group) is 1. The number of amides is 9. The zero-order valence-corrected chi connectivity index (χ0v) is 39.5. The van der Waals surface area contributed by atoms with Crippen LogP contribution < -0.4 is 27.0 Å². The zero-order valence-electron chi connectivity index (χ0n) is 38.6. The van der Waals surface area contributed by atoms with Crippen LogP contribution in [0.2, 0.25) is 0 Å². The van der Waals surface area contributed by atoms with Crippen molar-refractivity contribution >= 4 is 71.7 Å². The third kappa shape index (κ3) is 11.5. The number of carbonyl (C=O) groups is 9. The number of carbonyl (C=O) groups excluding carboxylic acids is 9. The number of halogens is 2. The Hall–Kier alpha value is -7.02. The monoisotopic (exact) mass is 1010 g/mol. The Morgan fingerprint density at radius 2 is 1.76 bits per heavy atom. The molecule has 0 bridgehead atoms. The summed E-state index contributed by atoms with van der Waals surface area (Å²) in [7, 11) is -4.56. The van der Waals surface area contributed by atoms with Gasteiger partial charge in [0, 0.05) is 86.0 Å². The van der Waals surface area contributed by atoms with E-state index < -0.39 is 84.5 Å². The van der Waals surface area contributed by atoms with Gasteiger partial charge in [-0.25, -0.2) is 0 Å². The van der Waals surface area contributed by atoms with E-state index in [1.807, 2.05) is 0 Å². The summed E-state index contributed by atoms with van der Waals surface area (Å²) in [4.78, 5) is 143. The maximum Gasteiger partial charge on any atom is 0.399 e. The van der Waals surface area contributed by atoms with E-state index in [2.05, 4.69) is 38.1 Å². The van der Waals surface area contributed by atoms with Gasteiger partial charge in [-0.1, -0.05) is 30.4 Å². The number of aromatic nitrogens is 1. The summed E-state index contributed by atoms with van der Waals surface area (Å²) in [6.07, 6.45) is 3.09. The first kappa shape index (κ1) is 51.8. The molecule has 3 aromatic rings. The number of primary amides is 1. The SMILES string of the molecule is CNC(=O)C(CCC(N)=O)NC(=O)C1CCC2CCN(C(=O)CCCCCC#Cc3cccc4c3CN(C3CCC(=O)NC3=O)C4=O)CC(NC(=O)c3cc4cc(C(F)(F)P(=O)(O)O)ccc4[nH]3)C(=O)N21. The van der Waals surface area contributed by atoms with Crippen molar-refractivity contribution in [2.45, 2.75) is 119 Å². The molecule has 5 heterocycles. The van der Waals surface area contributed by atoms with Gasteiger partial charge in [-0.05, 0) is 80.8 Å². The third-order valence-corrected chi connectivity index (χ3v) is 14.3. The van der Waals surface area contributed by atoms with Gasteiger partial charge >= 0.3 is 13.3 Å². The van der Waals surface area contributed by atoms with E-state index in [0.717, 1.165) is 24.3 Å². The van der Waals surface area contributed by atoms with Crippen LogP contribution in [0.15, 0.2) is 42.5 Å². The Balaban J connectivity index is 1.02. The first-order valence-corrected chi connectivity index (χ1v) is 24.8. The number of hydrogen-bond donors (Lipinski definition) is 8. The Bertz CT molecular complexity index is 2790. The molecule has 0 spiro atoms. The molecule has 0 aliphatic carbocycles. The van der Waals surface area contributed by atoms with E-state index in [0.29, 0.717) is 48.8 Å². The predicted molar refractivity (Wildman–Crippen MR) is 247 cm³/mol. The van der Waals surface area contributed by atoms with Gasteiger partial charge < -0.3 is 51.2 Å². The molecular weight excluding hydrogens is 952 g/mol. The van der Waals surface area contributed by atoms with Gasteiger partial charge in [0.2, 0.25) is 41.4 Å². The Morgan fingerprint density at radius 1 is 0.986 bits per heavy atom. The molecule has 7 rings (SSSR count). The molecule has 3 fully saturated rings. The molecule has 2 aromatic carbocycles. The number of hydrogen-bond acceptors (Lipinski definition) is 10. The quantitative estimate of drug-likeness (QED) is 0.0437. The van der Waals surface area contributed by atoms with E-state index in [1.54, 1.807) is 18.2 Å². The Morgan fingerprint density at radius 3 is 2.48 bits per heavy atom. The lowest BCUT2D eigenvalue weighted by Gasteiger charge is -2.39. The van der Waals surface area contributed by atoms with Crippen LogP contribution >= 0.6 is 7.60 Å². The average Bonchev–Trinajstić information content (AvgIpc) is 4.05. The number of rotatable bonds is 16. The summed E-state index contributed by atoms with van der Waals surface area (Å²) >= 11 is 0. The summed E-state index contributed by atoms with van der Waals surface area (Å²) in [5.41, 5.74) is 1.53. The summed E-state index contributed by atoms with van der Waals surface area (Å²) in [6.45, 7) is 0.0217. The second-order valence-electron chi connectivity index (χ2n) is 18.0. The fourth-order valence-electron chi connectivity index (χ4n) is 9.49. The number of fused-ring (bicyclic) bond motifs is 3. The summed E-state index contributed by atoms with van der Waals surface area (Å²) < 4.78 is 40.7. The Kier molecular flexibility index (Phi) is 15.7. The number of H-pyrrole nitrogens is 1. The standard InChI is InChI=1S/C47H54F2N9O12P/c1-51-41(62)33(15-18-38(50)59)53-44(65)37-16-13-29-20-21-56(25-35(46(67)58(29)37)54-42(63)34-23-27-22-28(12-14-32(27)52-34)47(48,49)71(68,69)70)40(61)11-6-4-2-3-5-8-26-9-7-10-30-31(26)24-57(45(30)66)36-17-19-39(60)55-43(36)64/h7,9-10,12,14,22-23,29,33,35-37,52H,2-4,6,11,13,15-21,24-25H2,1H3,(H2,50,59)(H,51,62)(H,53,65)(H,54,63)(H,55,60,64)(H2,68,69,70). The van der Waals surface area contributed by atoms with Crippen LogP contribution in [-0.4, -0.2) is 133 Å². The van der Waals surface area contributed by atoms with Crippen molar-refractivity contribution in [3.63, 3.8) is 0 Å². The van der Waals surface area contributed by atoms with E-state index in [9.17, 15) is 66.3 Å². The minimum absolute atomic E-state index is 0.00401. The molecule has 1 aromatic heterocycles.